The van der Waals surface area contributed by atoms with Crippen LogP contribution in [-0.2, 0) is 16.0 Å². The molecular formula is C32H26N2O3. The van der Waals surface area contributed by atoms with Crippen LogP contribution in [0.15, 0.2) is 96.6 Å². The van der Waals surface area contributed by atoms with Crippen LogP contribution in [0.1, 0.15) is 35.3 Å². The van der Waals surface area contributed by atoms with Crippen LogP contribution in [0.4, 0.5) is 5.69 Å². The third kappa shape index (κ3) is 3.62. The lowest BCUT2D eigenvalue weighted by molar-refractivity contribution is -0.132. The first kappa shape index (κ1) is 22.8. The number of H-pyrrole nitrogens is 1. The van der Waals surface area contributed by atoms with Crippen molar-refractivity contribution in [2.24, 2.45) is 0 Å². The van der Waals surface area contributed by atoms with Crippen LogP contribution >= 0.6 is 0 Å². The monoisotopic (exact) mass is 486 g/mol. The summed E-state index contributed by atoms with van der Waals surface area (Å²) >= 11 is 0. The van der Waals surface area contributed by atoms with Crippen molar-refractivity contribution in [1.29, 1.82) is 0 Å². The minimum atomic E-state index is -0.782. The molecule has 4 aromatic carbocycles. The van der Waals surface area contributed by atoms with Crippen molar-refractivity contribution in [2.75, 3.05) is 4.90 Å². The number of hydrogen-bond donors (Lipinski definition) is 2. The number of aryl methyl sites for hydroxylation is 2. The molecule has 0 saturated carbocycles. The molecule has 1 atom stereocenters. The van der Waals surface area contributed by atoms with Gasteiger partial charge in [0.2, 0.25) is 0 Å². The zero-order chi connectivity index (χ0) is 25.7. The van der Waals surface area contributed by atoms with Gasteiger partial charge in [-0.25, -0.2) is 0 Å². The molecule has 1 saturated heterocycles. The SMILES string of the molecule is CCc1ccc(N2C(=O)C(=O)/C(=C(/O)c3ccc4ccccc4c3)C2c2c(C)[nH]c3ccccc23)cc1. The van der Waals surface area contributed by atoms with Crippen molar-refractivity contribution in [3.05, 3.63) is 119 Å². The van der Waals surface area contributed by atoms with E-state index >= 15 is 0 Å². The van der Waals surface area contributed by atoms with Crippen molar-refractivity contribution in [2.45, 2.75) is 26.3 Å². The number of ketones is 1. The standard InChI is InChI=1S/C32H26N2O3/c1-3-20-12-16-24(17-13-20)34-29(27-19(2)33-26-11-7-6-10-25(26)27)28(31(36)32(34)37)30(35)23-15-14-21-8-4-5-9-22(21)18-23/h4-18,29,33,35H,3H2,1-2H3/b30-28+. The Balaban J connectivity index is 1.62. The maximum absolute atomic E-state index is 13.6. The van der Waals surface area contributed by atoms with Crippen LogP contribution in [0.3, 0.4) is 0 Å². The predicted molar refractivity (Wildman–Crippen MR) is 148 cm³/mol. The minimum absolute atomic E-state index is 0.0905. The highest BCUT2D eigenvalue weighted by Crippen LogP contribution is 2.45. The number of aliphatic hydroxyl groups excluding tert-OH is 1. The van der Waals surface area contributed by atoms with E-state index in [1.54, 1.807) is 6.07 Å². The second-order valence-corrected chi connectivity index (χ2v) is 9.46. The van der Waals surface area contributed by atoms with E-state index in [9.17, 15) is 14.7 Å². The Bertz CT molecular complexity index is 1730. The number of carbonyl (C=O) groups excluding carboxylic acids is 2. The normalized spacial score (nSPS) is 17.2. The highest BCUT2D eigenvalue weighted by Gasteiger charge is 2.48. The van der Waals surface area contributed by atoms with Crippen LogP contribution < -0.4 is 4.90 Å². The molecule has 1 fully saturated rings. The van der Waals surface area contributed by atoms with E-state index in [2.05, 4.69) is 11.9 Å². The quantitative estimate of drug-likeness (QED) is 0.166. The highest BCUT2D eigenvalue weighted by atomic mass is 16.3. The summed E-state index contributed by atoms with van der Waals surface area (Å²) in [5.74, 6) is -1.52. The number of fused-ring (bicyclic) bond motifs is 2. The molecular weight excluding hydrogens is 460 g/mol. The largest absolute Gasteiger partial charge is 0.507 e. The lowest BCUT2D eigenvalue weighted by Gasteiger charge is -2.26. The summed E-state index contributed by atoms with van der Waals surface area (Å²) in [5, 5.41) is 14.5. The third-order valence-corrected chi connectivity index (χ3v) is 7.31. The van der Waals surface area contributed by atoms with E-state index in [0.29, 0.717) is 11.3 Å². The Hall–Kier alpha value is -4.64. The zero-order valence-electron chi connectivity index (χ0n) is 20.7. The zero-order valence-corrected chi connectivity index (χ0v) is 20.7. The maximum atomic E-state index is 13.6. The molecule has 1 aromatic heterocycles. The number of nitrogens with zero attached hydrogens (tertiary/aromatic N) is 1. The van der Waals surface area contributed by atoms with E-state index in [4.69, 9.17) is 0 Å². The molecule has 182 valence electrons. The van der Waals surface area contributed by atoms with Crippen LogP contribution in [0.5, 0.6) is 0 Å². The number of aliphatic hydroxyl groups is 1. The first-order chi connectivity index (χ1) is 18.0. The fourth-order valence-corrected chi connectivity index (χ4v) is 5.41. The number of carbonyl (C=O) groups is 2. The summed E-state index contributed by atoms with van der Waals surface area (Å²) in [5.41, 5.74) is 4.90. The topological polar surface area (TPSA) is 73.4 Å². The van der Waals surface area contributed by atoms with Gasteiger partial charge in [-0.1, -0.05) is 73.7 Å². The van der Waals surface area contributed by atoms with Gasteiger partial charge in [0, 0.05) is 33.4 Å². The number of hydrogen-bond acceptors (Lipinski definition) is 3. The number of anilines is 1. The number of rotatable bonds is 4. The molecule has 0 aliphatic carbocycles. The van der Waals surface area contributed by atoms with Gasteiger partial charge in [0.05, 0.1) is 11.6 Å². The Kier molecular flexibility index (Phi) is 5.41. The average Bonchev–Trinajstić information content (AvgIpc) is 3.39. The van der Waals surface area contributed by atoms with E-state index in [1.165, 1.54) is 4.90 Å². The summed E-state index contributed by atoms with van der Waals surface area (Å²) in [6, 6.07) is 28.1. The van der Waals surface area contributed by atoms with Crippen LogP contribution in [0.2, 0.25) is 0 Å². The number of Topliss-reactive ketones (excluding diaryl/α,β-unsaturated/α-hetero) is 1. The molecule has 5 nitrogen and oxygen atoms in total. The molecule has 2 heterocycles. The Morgan fingerprint density at radius 1 is 0.892 bits per heavy atom. The fourth-order valence-electron chi connectivity index (χ4n) is 5.41. The summed E-state index contributed by atoms with van der Waals surface area (Å²) < 4.78 is 0. The molecule has 37 heavy (non-hydrogen) atoms. The number of nitrogens with one attached hydrogen (secondary N) is 1. The van der Waals surface area contributed by atoms with Crippen LogP contribution in [0.25, 0.3) is 27.4 Å². The summed E-state index contributed by atoms with van der Waals surface area (Å²) in [4.78, 5) is 32.1. The van der Waals surface area contributed by atoms with E-state index < -0.39 is 17.7 Å². The third-order valence-electron chi connectivity index (χ3n) is 7.31. The predicted octanol–water partition coefficient (Wildman–Crippen LogP) is 6.82. The first-order valence-electron chi connectivity index (χ1n) is 12.4. The first-order valence-corrected chi connectivity index (χ1v) is 12.4. The molecule has 0 bridgehead atoms. The Morgan fingerprint density at radius 3 is 2.35 bits per heavy atom. The van der Waals surface area contributed by atoms with Crippen LogP contribution in [-0.4, -0.2) is 21.8 Å². The number of amides is 1. The summed E-state index contributed by atoms with van der Waals surface area (Å²) in [6.07, 6.45) is 0.867. The molecule has 1 unspecified atom stereocenters. The molecule has 1 amide bonds. The highest BCUT2D eigenvalue weighted by molar-refractivity contribution is 6.52. The molecule has 1 aliphatic rings. The number of aromatic amines is 1. The van der Waals surface area contributed by atoms with Gasteiger partial charge in [-0.3, -0.25) is 14.5 Å². The van der Waals surface area contributed by atoms with E-state index in [-0.39, 0.29) is 11.3 Å². The van der Waals surface area contributed by atoms with E-state index in [0.717, 1.165) is 44.9 Å². The molecule has 1 aliphatic heterocycles. The Morgan fingerprint density at radius 2 is 1.59 bits per heavy atom. The molecule has 5 aromatic rings. The van der Waals surface area contributed by atoms with Gasteiger partial charge >= 0.3 is 0 Å². The Labute approximate surface area is 214 Å². The van der Waals surface area contributed by atoms with Gasteiger partial charge in [-0.05, 0) is 53.9 Å². The fraction of sp³-hybridized carbons (Fsp3) is 0.125. The molecule has 0 spiro atoms. The van der Waals surface area contributed by atoms with Crippen molar-refractivity contribution in [3.63, 3.8) is 0 Å². The van der Waals surface area contributed by atoms with E-state index in [1.807, 2.05) is 91.9 Å². The van der Waals surface area contributed by atoms with Gasteiger partial charge in [0.1, 0.15) is 5.76 Å². The second kappa shape index (κ2) is 8.79. The van der Waals surface area contributed by atoms with Gasteiger partial charge in [0.15, 0.2) is 0 Å². The molecule has 5 heteroatoms. The summed E-state index contributed by atoms with van der Waals surface area (Å²) in [7, 11) is 0. The minimum Gasteiger partial charge on any atom is -0.507 e. The van der Waals surface area contributed by atoms with Crippen molar-refractivity contribution >= 4 is 44.8 Å². The molecule has 0 radical (unpaired) electrons. The van der Waals surface area contributed by atoms with Gasteiger partial charge < -0.3 is 10.1 Å². The van der Waals surface area contributed by atoms with Crippen LogP contribution in [0, 0.1) is 6.92 Å². The van der Waals surface area contributed by atoms with Crippen molar-refractivity contribution in [3.8, 4) is 0 Å². The molecule has 2 N–H and O–H groups in total. The second-order valence-electron chi connectivity index (χ2n) is 9.46. The van der Waals surface area contributed by atoms with Crippen molar-refractivity contribution in [1.82, 2.24) is 4.98 Å². The summed E-state index contributed by atoms with van der Waals surface area (Å²) in [6.45, 7) is 4.01. The smallest absolute Gasteiger partial charge is 0.300 e. The number of benzene rings is 4. The maximum Gasteiger partial charge on any atom is 0.300 e. The lowest BCUT2D eigenvalue weighted by Crippen LogP contribution is -2.29. The number of para-hydroxylation sites is 1. The molecule has 6 rings (SSSR count). The lowest BCUT2D eigenvalue weighted by atomic mass is 9.92. The van der Waals surface area contributed by atoms with Gasteiger partial charge in [-0.2, -0.15) is 0 Å². The van der Waals surface area contributed by atoms with Crippen molar-refractivity contribution < 1.29 is 14.7 Å². The van der Waals surface area contributed by atoms with Gasteiger partial charge in [0.25, 0.3) is 11.7 Å². The van der Waals surface area contributed by atoms with Gasteiger partial charge in [-0.15, -0.1) is 0 Å². The average molecular weight is 487 g/mol. The number of aromatic nitrogens is 1.